The molecule has 6 nitrogen and oxygen atoms in total. The van der Waals surface area contributed by atoms with Gasteiger partial charge in [-0.1, -0.05) is 18.2 Å². The minimum Gasteiger partial charge on any atom is -0.496 e. The van der Waals surface area contributed by atoms with Crippen LogP contribution in [0.25, 0.3) is 0 Å². The van der Waals surface area contributed by atoms with Crippen molar-refractivity contribution in [2.45, 2.75) is 38.1 Å². The van der Waals surface area contributed by atoms with Gasteiger partial charge in [0.1, 0.15) is 17.9 Å². The smallest absolute Gasteiger partial charge is 0.227 e. The Kier molecular flexibility index (Phi) is 4.73. The van der Waals surface area contributed by atoms with Crippen LogP contribution in [-0.2, 0) is 24.1 Å². The highest BCUT2D eigenvalue weighted by atomic mass is 16.5. The van der Waals surface area contributed by atoms with Gasteiger partial charge in [0.2, 0.25) is 5.91 Å². The third-order valence-electron chi connectivity index (χ3n) is 5.29. The molecule has 0 spiro atoms. The number of aryl methyl sites for hydroxylation is 1. The molecule has 1 amide bonds. The predicted molar refractivity (Wildman–Crippen MR) is 99.4 cm³/mol. The molecule has 136 valence electrons. The van der Waals surface area contributed by atoms with Crippen LogP contribution in [0.15, 0.2) is 30.6 Å². The van der Waals surface area contributed by atoms with Crippen molar-refractivity contribution < 1.29 is 9.53 Å². The van der Waals surface area contributed by atoms with E-state index >= 15 is 0 Å². The van der Waals surface area contributed by atoms with Crippen molar-refractivity contribution in [3.05, 3.63) is 47.4 Å². The van der Waals surface area contributed by atoms with Crippen molar-refractivity contribution in [3.8, 4) is 5.75 Å². The summed E-state index contributed by atoms with van der Waals surface area (Å²) in [4.78, 5) is 23.4. The van der Waals surface area contributed by atoms with Crippen LogP contribution in [0, 0.1) is 0 Å². The van der Waals surface area contributed by atoms with E-state index in [0.29, 0.717) is 13.0 Å². The highest BCUT2D eigenvalue weighted by Gasteiger charge is 2.28. The van der Waals surface area contributed by atoms with Gasteiger partial charge in [0, 0.05) is 36.0 Å². The standard InChI is InChI=1S/C20H24N4O2/c1-26-18-8-3-2-5-14(18)11-19(25)24-10-9-15(12-24)23-20-16-6-4-7-17(16)21-13-22-20/h2-3,5,8,13,15H,4,6-7,9-12H2,1H3,(H,21,22,23)/t15-/m1/s1. The lowest BCUT2D eigenvalue weighted by atomic mass is 10.1. The molecule has 4 rings (SSSR count). The molecule has 1 fully saturated rings. The Morgan fingerprint density at radius 3 is 3.08 bits per heavy atom. The van der Waals surface area contributed by atoms with Crippen molar-refractivity contribution in [1.29, 1.82) is 0 Å². The van der Waals surface area contributed by atoms with Crippen molar-refractivity contribution >= 4 is 11.7 Å². The zero-order valence-electron chi connectivity index (χ0n) is 15.1. The van der Waals surface area contributed by atoms with Crippen LogP contribution in [0.1, 0.15) is 29.7 Å². The average Bonchev–Trinajstić information content (AvgIpc) is 3.32. The number of methoxy groups -OCH3 is 1. The third-order valence-corrected chi connectivity index (χ3v) is 5.29. The van der Waals surface area contributed by atoms with E-state index in [2.05, 4.69) is 15.3 Å². The molecular formula is C20H24N4O2. The molecule has 1 aliphatic carbocycles. The van der Waals surface area contributed by atoms with Gasteiger partial charge in [0.05, 0.1) is 13.5 Å². The number of nitrogens with zero attached hydrogens (tertiary/aromatic N) is 3. The largest absolute Gasteiger partial charge is 0.496 e. The lowest BCUT2D eigenvalue weighted by Crippen LogP contribution is -2.33. The highest BCUT2D eigenvalue weighted by molar-refractivity contribution is 5.80. The van der Waals surface area contributed by atoms with E-state index in [1.807, 2.05) is 29.2 Å². The van der Waals surface area contributed by atoms with E-state index in [1.165, 1.54) is 11.3 Å². The second-order valence-corrected chi connectivity index (χ2v) is 6.96. The van der Waals surface area contributed by atoms with Crippen LogP contribution in [0.3, 0.4) is 0 Å². The average molecular weight is 352 g/mol. The molecule has 1 aromatic heterocycles. The molecule has 0 saturated carbocycles. The summed E-state index contributed by atoms with van der Waals surface area (Å²) in [5.41, 5.74) is 3.36. The summed E-state index contributed by atoms with van der Waals surface area (Å²) in [6.07, 6.45) is 6.20. The quantitative estimate of drug-likeness (QED) is 0.894. The first kappa shape index (κ1) is 16.8. The maximum absolute atomic E-state index is 12.7. The van der Waals surface area contributed by atoms with Crippen molar-refractivity contribution in [1.82, 2.24) is 14.9 Å². The van der Waals surface area contributed by atoms with Gasteiger partial charge < -0.3 is 15.0 Å². The molecule has 0 bridgehead atoms. The van der Waals surface area contributed by atoms with Crippen LogP contribution in [-0.4, -0.2) is 47.0 Å². The van der Waals surface area contributed by atoms with Gasteiger partial charge in [-0.25, -0.2) is 9.97 Å². The van der Waals surface area contributed by atoms with Gasteiger partial charge in [-0.3, -0.25) is 4.79 Å². The summed E-state index contributed by atoms with van der Waals surface area (Å²) < 4.78 is 5.35. The Balaban J connectivity index is 1.38. The number of anilines is 1. The van der Waals surface area contributed by atoms with E-state index < -0.39 is 0 Å². The second kappa shape index (κ2) is 7.32. The number of ether oxygens (including phenoxy) is 1. The summed E-state index contributed by atoms with van der Waals surface area (Å²) >= 11 is 0. The van der Waals surface area contributed by atoms with E-state index in [0.717, 1.165) is 49.4 Å². The fraction of sp³-hybridized carbons (Fsp3) is 0.450. The zero-order chi connectivity index (χ0) is 17.9. The Hall–Kier alpha value is -2.63. The number of likely N-dealkylation sites (tertiary alicyclic amines) is 1. The summed E-state index contributed by atoms with van der Waals surface area (Å²) in [7, 11) is 1.64. The summed E-state index contributed by atoms with van der Waals surface area (Å²) in [5, 5.41) is 3.54. The number of aromatic nitrogens is 2. The van der Waals surface area contributed by atoms with E-state index in [-0.39, 0.29) is 11.9 Å². The molecule has 0 radical (unpaired) electrons. The SMILES string of the molecule is COc1ccccc1CC(=O)N1CC[C@@H](Nc2ncnc3c2CCC3)C1. The van der Waals surface area contributed by atoms with Crippen LogP contribution in [0.2, 0.25) is 0 Å². The molecule has 26 heavy (non-hydrogen) atoms. The van der Waals surface area contributed by atoms with Crippen LogP contribution < -0.4 is 10.1 Å². The van der Waals surface area contributed by atoms with E-state index in [4.69, 9.17) is 4.74 Å². The number of hydrogen-bond acceptors (Lipinski definition) is 5. The van der Waals surface area contributed by atoms with Gasteiger partial charge in [0.15, 0.2) is 0 Å². The first-order chi connectivity index (χ1) is 12.7. The molecular weight excluding hydrogens is 328 g/mol. The summed E-state index contributed by atoms with van der Waals surface area (Å²) in [6, 6.07) is 7.95. The van der Waals surface area contributed by atoms with Crippen molar-refractivity contribution in [2.24, 2.45) is 0 Å². The maximum Gasteiger partial charge on any atom is 0.227 e. The van der Waals surface area contributed by atoms with Crippen LogP contribution >= 0.6 is 0 Å². The summed E-state index contributed by atoms with van der Waals surface area (Å²) in [5.74, 6) is 1.87. The van der Waals surface area contributed by atoms with Gasteiger partial charge >= 0.3 is 0 Å². The summed E-state index contributed by atoms with van der Waals surface area (Å²) in [6.45, 7) is 1.49. The Labute approximate surface area is 153 Å². The topological polar surface area (TPSA) is 67.3 Å². The van der Waals surface area contributed by atoms with Gasteiger partial charge in [0.25, 0.3) is 0 Å². The Bertz CT molecular complexity index is 808. The van der Waals surface area contributed by atoms with Gasteiger partial charge in [-0.05, 0) is 31.7 Å². The first-order valence-electron chi connectivity index (χ1n) is 9.23. The number of hydrogen-bond donors (Lipinski definition) is 1. The van der Waals surface area contributed by atoms with Gasteiger partial charge in [-0.2, -0.15) is 0 Å². The van der Waals surface area contributed by atoms with Crippen molar-refractivity contribution in [2.75, 3.05) is 25.5 Å². The molecule has 1 aliphatic heterocycles. The first-order valence-corrected chi connectivity index (χ1v) is 9.23. The number of para-hydroxylation sites is 1. The fourth-order valence-corrected chi connectivity index (χ4v) is 3.91. The van der Waals surface area contributed by atoms with Crippen LogP contribution in [0.4, 0.5) is 5.82 Å². The lowest BCUT2D eigenvalue weighted by molar-refractivity contribution is -0.129. The normalized spacial score (nSPS) is 18.7. The second-order valence-electron chi connectivity index (χ2n) is 6.96. The van der Waals surface area contributed by atoms with Gasteiger partial charge in [-0.15, -0.1) is 0 Å². The predicted octanol–water partition coefficient (Wildman–Crippen LogP) is 2.23. The molecule has 2 heterocycles. The number of amides is 1. The number of carbonyl (C=O) groups is 1. The Morgan fingerprint density at radius 2 is 2.19 bits per heavy atom. The highest BCUT2D eigenvalue weighted by Crippen LogP contribution is 2.27. The zero-order valence-corrected chi connectivity index (χ0v) is 15.1. The lowest BCUT2D eigenvalue weighted by Gasteiger charge is -2.19. The maximum atomic E-state index is 12.7. The Morgan fingerprint density at radius 1 is 1.31 bits per heavy atom. The number of carbonyl (C=O) groups excluding carboxylic acids is 1. The molecule has 1 atom stereocenters. The molecule has 1 saturated heterocycles. The molecule has 1 aromatic carbocycles. The number of nitrogens with one attached hydrogen (secondary N) is 1. The fourth-order valence-electron chi connectivity index (χ4n) is 3.91. The molecule has 6 heteroatoms. The van der Waals surface area contributed by atoms with Crippen LogP contribution in [0.5, 0.6) is 5.75 Å². The molecule has 1 N–H and O–H groups in total. The van der Waals surface area contributed by atoms with E-state index in [1.54, 1.807) is 13.4 Å². The van der Waals surface area contributed by atoms with Crippen molar-refractivity contribution in [3.63, 3.8) is 0 Å². The number of rotatable bonds is 5. The third kappa shape index (κ3) is 3.36. The molecule has 2 aromatic rings. The van der Waals surface area contributed by atoms with E-state index in [9.17, 15) is 4.79 Å². The number of benzene rings is 1. The monoisotopic (exact) mass is 352 g/mol. The number of fused-ring (bicyclic) bond motifs is 1. The minimum absolute atomic E-state index is 0.145. The molecule has 2 aliphatic rings. The molecule has 0 unspecified atom stereocenters. The minimum atomic E-state index is 0.145.